The van der Waals surface area contributed by atoms with Crippen LogP contribution < -0.4 is 5.32 Å². The molecule has 1 saturated heterocycles. The monoisotopic (exact) mass is 385 g/mol. The molecular weight excluding hydrogens is 350 g/mol. The average Bonchev–Trinajstić information content (AvgIpc) is 2.64. The Morgan fingerprint density at radius 2 is 2.00 bits per heavy atom. The molecule has 1 fully saturated rings. The summed E-state index contributed by atoms with van der Waals surface area (Å²) in [6.07, 6.45) is 4.31. The summed E-state index contributed by atoms with van der Waals surface area (Å²) >= 11 is 0. The Kier molecular flexibility index (Phi) is 6.49. The highest BCUT2D eigenvalue weighted by Gasteiger charge is 2.54. The Morgan fingerprint density at radius 3 is 2.68 bits per heavy atom. The lowest BCUT2D eigenvalue weighted by Gasteiger charge is -2.55. The number of benzene rings is 1. The van der Waals surface area contributed by atoms with Gasteiger partial charge < -0.3 is 14.8 Å². The number of allylic oxidation sites excluding steroid dienone is 1. The van der Waals surface area contributed by atoms with Crippen LogP contribution in [0.1, 0.15) is 46.6 Å². The zero-order chi connectivity index (χ0) is 20.3. The van der Waals surface area contributed by atoms with E-state index >= 15 is 0 Å². The van der Waals surface area contributed by atoms with Crippen molar-refractivity contribution in [2.24, 2.45) is 23.2 Å². The first-order valence-corrected chi connectivity index (χ1v) is 10.6. The smallest absolute Gasteiger partial charge is 0.407 e. The van der Waals surface area contributed by atoms with Crippen molar-refractivity contribution < 1.29 is 14.3 Å². The van der Waals surface area contributed by atoms with Crippen molar-refractivity contribution >= 4 is 6.09 Å². The van der Waals surface area contributed by atoms with Gasteiger partial charge >= 0.3 is 6.09 Å². The number of alkyl carbamates (subject to hydrolysis) is 1. The van der Waals surface area contributed by atoms with Gasteiger partial charge in [-0.25, -0.2) is 4.79 Å². The molecule has 1 aliphatic heterocycles. The zero-order valence-corrected chi connectivity index (χ0v) is 17.9. The number of ether oxygens (including phenoxy) is 2. The van der Waals surface area contributed by atoms with E-state index in [2.05, 4.69) is 62.5 Å². The van der Waals surface area contributed by atoms with E-state index < -0.39 is 0 Å². The van der Waals surface area contributed by atoms with Gasteiger partial charge in [0.15, 0.2) is 0 Å². The van der Waals surface area contributed by atoms with Crippen molar-refractivity contribution in [3.63, 3.8) is 0 Å². The summed E-state index contributed by atoms with van der Waals surface area (Å²) in [4.78, 5) is 12.1. The van der Waals surface area contributed by atoms with Gasteiger partial charge in [0.1, 0.15) is 6.61 Å². The molecule has 0 saturated carbocycles. The van der Waals surface area contributed by atoms with E-state index in [0.29, 0.717) is 31.0 Å². The zero-order valence-electron chi connectivity index (χ0n) is 17.9. The van der Waals surface area contributed by atoms with E-state index in [0.717, 1.165) is 12.8 Å². The SMILES string of the molecule is CC1=C[C@@H](C)[C@]2(COC(=O)NC(C)C)CO[C@H](CCc3ccccc3)[C@@H]1[C@@H]2C. The maximum atomic E-state index is 12.1. The highest BCUT2D eigenvalue weighted by atomic mass is 16.6. The quantitative estimate of drug-likeness (QED) is 0.702. The molecule has 0 radical (unpaired) electrons. The number of amides is 1. The van der Waals surface area contributed by atoms with Crippen LogP contribution in [0.15, 0.2) is 42.0 Å². The molecular formula is C24H35NO3. The topological polar surface area (TPSA) is 47.6 Å². The molecule has 2 bridgehead atoms. The van der Waals surface area contributed by atoms with E-state index in [1.807, 2.05) is 13.8 Å². The Bertz CT molecular complexity index is 699. The normalized spacial score (nSPS) is 32.0. The summed E-state index contributed by atoms with van der Waals surface area (Å²) in [7, 11) is 0. The first-order chi connectivity index (χ1) is 13.3. The van der Waals surface area contributed by atoms with Crippen LogP contribution >= 0.6 is 0 Å². The van der Waals surface area contributed by atoms with E-state index in [-0.39, 0.29) is 23.7 Å². The Morgan fingerprint density at radius 1 is 1.29 bits per heavy atom. The van der Waals surface area contributed by atoms with Crippen LogP contribution in [0, 0.1) is 23.2 Å². The fourth-order valence-electron chi connectivity index (χ4n) is 5.08. The summed E-state index contributed by atoms with van der Waals surface area (Å²) in [6, 6.07) is 10.7. The van der Waals surface area contributed by atoms with Crippen LogP contribution in [0.5, 0.6) is 0 Å². The van der Waals surface area contributed by atoms with Crippen molar-refractivity contribution in [3.8, 4) is 0 Å². The largest absolute Gasteiger partial charge is 0.449 e. The molecule has 28 heavy (non-hydrogen) atoms. The molecule has 1 N–H and O–H groups in total. The number of carbonyl (C=O) groups is 1. The van der Waals surface area contributed by atoms with Gasteiger partial charge in [-0.1, -0.05) is 55.8 Å². The number of nitrogens with one attached hydrogen (secondary N) is 1. The van der Waals surface area contributed by atoms with E-state index in [1.54, 1.807) is 0 Å². The third-order valence-electron chi connectivity index (χ3n) is 6.80. The van der Waals surface area contributed by atoms with Gasteiger partial charge in [0.25, 0.3) is 0 Å². The van der Waals surface area contributed by atoms with Gasteiger partial charge in [0.2, 0.25) is 0 Å². The number of rotatable bonds is 6. The molecule has 154 valence electrons. The molecule has 1 aromatic rings. The van der Waals surface area contributed by atoms with E-state index in [9.17, 15) is 4.79 Å². The van der Waals surface area contributed by atoms with E-state index in [1.165, 1.54) is 11.1 Å². The fourth-order valence-corrected chi connectivity index (χ4v) is 5.08. The summed E-state index contributed by atoms with van der Waals surface area (Å²) in [5, 5.41) is 2.82. The minimum Gasteiger partial charge on any atom is -0.449 e. The molecule has 1 aliphatic carbocycles. The number of aryl methyl sites for hydroxylation is 1. The third kappa shape index (κ3) is 4.27. The summed E-state index contributed by atoms with van der Waals surface area (Å²) in [5.41, 5.74) is 2.62. The second-order valence-electron chi connectivity index (χ2n) is 9.00. The Hall–Kier alpha value is -1.81. The molecule has 1 heterocycles. The first-order valence-electron chi connectivity index (χ1n) is 10.6. The minimum atomic E-state index is -0.335. The van der Waals surface area contributed by atoms with Crippen LogP contribution in [0.3, 0.4) is 0 Å². The number of carbonyl (C=O) groups excluding carboxylic acids is 1. The first kappa shape index (κ1) is 20.9. The molecule has 4 nitrogen and oxygen atoms in total. The molecule has 5 atom stereocenters. The number of fused-ring (bicyclic) bond motifs is 2. The Labute approximate surface area is 169 Å². The predicted molar refractivity (Wildman–Crippen MR) is 112 cm³/mol. The lowest BCUT2D eigenvalue weighted by atomic mass is 9.56. The standard InChI is InChI=1S/C24H35NO3/c1-16(2)25-23(26)28-15-24-14-27-21(12-11-20-9-7-6-8-10-20)22(19(24)5)17(3)13-18(24)4/h6-10,13,16,18-19,21-22H,11-12,14-15H2,1-5H3,(H,25,26)/t18-,19+,21-,22+,24-/m1/s1. The number of hydrogen-bond donors (Lipinski definition) is 1. The third-order valence-corrected chi connectivity index (χ3v) is 6.80. The van der Waals surface area contributed by atoms with Gasteiger partial charge in [-0.3, -0.25) is 0 Å². The Balaban J connectivity index is 1.71. The molecule has 0 spiro atoms. The molecule has 2 aliphatic rings. The van der Waals surface area contributed by atoms with Crippen molar-refractivity contribution in [3.05, 3.63) is 47.5 Å². The summed E-state index contributed by atoms with van der Waals surface area (Å²) in [6.45, 7) is 11.7. The van der Waals surface area contributed by atoms with Crippen LogP contribution in [0.2, 0.25) is 0 Å². The van der Waals surface area contributed by atoms with Crippen molar-refractivity contribution in [1.82, 2.24) is 5.32 Å². The van der Waals surface area contributed by atoms with Crippen molar-refractivity contribution in [1.29, 1.82) is 0 Å². The van der Waals surface area contributed by atoms with Crippen LogP contribution in [0.4, 0.5) is 4.79 Å². The molecule has 1 amide bonds. The highest BCUT2D eigenvalue weighted by molar-refractivity contribution is 5.67. The lowest BCUT2D eigenvalue weighted by molar-refractivity contribution is -0.164. The molecule has 0 aromatic heterocycles. The molecule has 4 heteroatoms. The van der Waals surface area contributed by atoms with Gasteiger partial charge in [-0.05, 0) is 51.0 Å². The molecule has 3 rings (SSSR count). The average molecular weight is 386 g/mol. The minimum absolute atomic E-state index is 0.0751. The molecule has 0 unspecified atom stereocenters. The van der Waals surface area contributed by atoms with Gasteiger partial charge in [0, 0.05) is 17.4 Å². The maximum Gasteiger partial charge on any atom is 0.407 e. The van der Waals surface area contributed by atoms with Gasteiger partial charge in [-0.2, -0.15) is 0 Å². The van der Waals surface area contributed by atoms with E-state index in [4.69, 9.17) is 9.47 Å². The van der Waals surface area contributed by atoms with Crippen LogP contribution in [0.25, 0.3) is 0 Å². The predicted octanol–water partition coefficient (Wildman–Crippen LogP) is 4.99. The summed E-state index contributed by atoms with van der Waals surface area (Å²) in [5.74, 6) is 1.11. The van der Waals surface area contributed by atoms with Gasteiger partial charge in [-0.15, -0.1) is 0 Å². The van der Waals surface area contributed by atoms with Gasteiger partial charge in [0.05, 0.1) is 12.7 Å². The lowest BCUT2D eigenvalue weighted by Crippen LogP contribution is -2.57. The van der Waals surface area contributed by atoms with Crippen LogP contribution in [-0.4, -0.2) is 31.5 Å². The highest BCUT2D eigenvalue weighted by Crippen LogP contribution is 2.53. The second kappa shape index (κ2) is 8.69. The second-order valence-corrected chi connectivity index (χ2v) is 9.00. The number of hydrogen-bond acceptors (Lipinski definition) is 3. The van der Waals surface area contributed by atoms with Crippen LogP contribution in [-0.2, 0) is 15.9 Å². The summed E-state index contributed by atoms with van der Waals surface area (Å²) < 4.78 is 12.1. The van der Waals surface area contributed by atoms with Crippen molar-refractivity contribution in [2.45, 2.75) is 59.6 Å². The maximum absolute atomic E-state index is 12.1. The molecule has 1 aromatic carbocycles. The van der Waals surface area contributed by atoms with Crippen molar-refractivity contribution in [2.75, 3.05) is 13.2 Å². The fraction of sp³-hybridized carbons (Fsp3) is 0.625.